The molecule has 0 spiro atoms. The van der Waals surface area contributed by atoms with Crippen LogP contribution in [0.15, 0.2) is 60.4 Å². The molecule has 1 fully saturated rings. The molecule has 0 aliphatic carbocycles. The lowest BCUT2D eigenvalue weighted by molar-refractivity contribution is -0.132. The molecule has 6 heteroatoms. The zero-order valence-corrected chi connectivity index (χ0v) is 17.1. The zero-order chi connectivity index (χ0) is 20.9. The molecule has 0 unspecified atom stereocenters. The van der Waals surface area contributed by atoms with E-state index in [1.807, 2.05) is 0 Å². The third-order valence-electron chi connectivity index (χ3n) is 5.58. The van der Waals surface area contributed by atoms with E-state index >= 15 is 0 Å². The van der Waals surface area contributed by atoms with Crippen LogP contribution in [-0.2, 0) is 11.2 Å². The van der Waals surface area contributed by atoms with Crippen LogP contribution in [0.4, 0.5) is 5.82 Å². The molecule has 154 valence electrons. The first kappa shape index (κ1) is 20.0. The van der Waals surface area contributed by atoms with Gasteiger partial charge in [0.2, 0.25) is 0 Å². The van der Waals surface area contributed by atoms with E-state index in [1.165, 1.54) is 22.4 Å². The van der Waals surface area contributed by atoms with Gasteiger partial charge in [0.05, 0.1) is 18.1 Å². The average molecular weight is 402 g/mol. The molecule has 1 aromatic heterocycles. The number of likely N-dealkylation sites (tertiary alicyclic amines) is 1. The summed E-state index contributed by atoms with van der Waals surface area (Å²) < 4.78 is 0. The normalized spacial score (nSPS) is 17.4. The minimum Gasteiger partial charge on any atom is -0.478 e. The summed E-state index contributed by atoms with van der Waals surface area (Å²) in [4.78, 5) is 22.1. The molecule has 1 saturated heterocycles. The Balaban J connectivity index is 1.30. The van der Waals surface area contributed by atoms with Gasteiger partial charge in [-0.05, 0) is 42.2 Å². The number of carbonyl (C=O) groups is 1. The maximum atomic E-state index is 10.9. The molecule has 30 heavy (non-hydrogen) atoms. The quantitative estimate of drug-likeness (QED) is 0.585. The number of hydrogen-bond donors (Lipinski definition) is 2. The fourth-order valence-electron chi connectivity index (χ4n) is 3.92. The van der Waals surface area contributed by atoms with Crippen LogP contribution in [-0.4, -0.2) is 51.6 Å². The van der Waals surface area contributed by atoms with Crippen molar-refractivity contribution in [1.82, 2.24) is 14.9 Å². The van der Waals surface area contributed by atoms with E-state index in [1.54, 1.807) is 19.3 Å². The summed E-state index contributed by atoms with van der Waals surface area (Å²) >= 11 is 0. The maximum Gasteiger partial charge on any atom is 0.331 e. The first-order valence-electron chi connectivity index (χ1n) is 10.3. The highest BCUT2D eigenvalue weighted by atomic mass is 16.4. The summed E-state index contributed by atoms with van der Waals surface area (Å²) in [5.74, 6) is -0.227. The number of nitrogens with one attached hydrogen (secondary N) is 1. The Morgan fingerprint density at radius 2 is 2.03 bits per heavy atom. The Kier molecular flexibility index (Phi) is 6.05. The summed E-state index contributed by atoms with van der Waals surface area (Å²) in [5, 5.41) is 15.0. The Morgan fingerprint density at radius 3 is 2.83 bits per heavy atom. The van der Waals surface area contributed by atoms with E-state index in [2.05, 4.69) is 62.6 Å². The van der Waals surface area contributed by atoms with Gasteiger partial charge in [-0.1, -0.05) is 42.5 Å². The van der Waals surface area contributed by atoms with E-state index in [4.69, 9.17) is 5.11 Å². The van der Waals surface area contributed by atoms with E-state index in [0.717, 1.165) is 38.3 Å². The number of aliphatic carboxylic acids is 1. The van der Waals surface area contributed by atoms with Crippen molar-refractivity contribution in [2.75, 3.05) is 25.0 Å². The van der Waals surface area contributed by atoms with E-state index in [9.17, 15) is 4.79 Å². The maximum absolute atomic E-state index is 10.9. The van der Waals surface area contributed by atoms with Crippen molar-refractivity contribution < 1.29 is 9.90 Å². The summed E-state index contributed by atoms with van der Waals surface area (Å²) in [6.45, 7) is 4.62. The van der Waals surface area contributed by atoms with E-state index in [-0.39, 0.29) is 5.57 Å². The highest BCUT2D eigenvalue weighted by molar-refractivity contribution is 5.91. The predicted octanol–water partition coefficient (Wildman–Crippen LogP) is 3.85. The number of aromatic nitrogens is 2. The molecular formula is C24H26N4O2. The lowest BCUT2D eigenvalue weighted by Crippen LogP contribution is -2.28. The number of rotatable bonds is 7. The topological polar surface area (TPSA) is 78.4 Å². The third kappa shape index (κ3) is 4.83. The van der Waals surface area contributed by atoms with Crippen LogP contribution in [0.5, 0.6) is 0 Å². The highest BCUT2D eigenvalue weighted by Crippen LogP contribution is 2.20. The number of benzene rings is 2. The molecule has 0 radical (unpaired) electrons. The van der Waals surface area contributed by atoms with Gasteiger partial charge in [0, 0.05) is 31.2 Å². The van der Waals surface area contributed by atoms with Crippen molar-refractivity contribution in [2.24, 2.45) is 0 Å². The monoisotopic (exact) mass is 402 g/mol. The van der Waals surface area contributed by atoms with E-state index < -0.39 is 5.97 Å². The van der Waals surface area contributed by atoms with Gasteiger partial charge in [0.1, 0.15) is 5.82 Å². The highest BCUT2D eigenvalue weighted by Gasteiger charge is 2.22. The molecule has 1 atom stereocenters. The third-order valence-corrected chi connectivity index (χ3v) is 5.58. The van der Waals surface area contributed by atoms with Gasteiger partial charge in [0.15, 0.2) is 0 Å². The molecule has 3 aromatic rings. The number of nitrogens with zero attached hydrogens (tertiary/aromatic N) is 3. The van der Waals surface area contributed by atoms with Gasteiger partial charge < -0.3 is 15.3 Å². The van der Waals surface area contributed by atoms with Crippen LogP contribution in [0, 0.1) is 0 Å². The lowest BCUT2D eigenvalue weighted by atomic mass is 10.0. The Bertz CT molecular complexity index is 1060. The fraction of sp³-hybridized carbons (Fsp3) is 0.292. The largest absolute Gasteiger partial charge is 0.478 e. The van der Waals surface area contributed by atoms with Gasteiger partial charge in [-0.2, -0.15) is 0 Å². The minimum atomic E-state index is -0.950. The van der Waals surface area contributed by atoms with Crippen molar-refractivity contribution in [3.05, 3.63) is 71.7 Å². The first-order valence-corrected chi connectivity index (χ1v) is 10.3. The molecule has 0 bridgehead atoms. The lowest BCUT2D eigenvalue weighted by Gasteiger charge is -2.17. The first-order chi connectivity index (χ1) is 14.6. The average Bonchev–Trinajstić information content (AvgIpc) is 3.20. The smallest absolute Gasteiger partial charge is 0.331 e. The van der Waals surface area contributed by atoms with Crippen LogP contribution in [0.1, 0.15) is 24.6 Å². The van der Waals surface area contributed by atoms with Gasteiger partial charge in [0.25, 0.3) is 0 Å². The van der Waals surface area contributed by atoms with E-state index in [0.29, 0.717) is 11.7 Å². The predicted molar refractivity (Wildman–Crippen MR) is 119 cm³/mol. The summed E-state index contributed by atoms with van der Waals surface area (Å²) in [6.07, 6.45) is 6.89. The number of hydrogen-bond acceptors (Lipinski definition) is 5. The second-order valence-electron chi connectivity index (χ2n) is 7.78. The Morgan fingerprint density at radius 1 is 1.20 bits per heavy atom. The molecule has 4 rings (SSSR count). The van der Waals surface area contributed by atoms with Crippen molar-refractivity contribution in [1.29, 1.82) is 0 Å². The summed E-state index contributed by atoms with van der Waals surface area (Å²) in [7, 11) is 0. The second kappa shape index (κ2) is 9.05. The van der Waals surface area contributed by atoms with Crippen LogP contribution >= 0.6 is 0 Å². The minimum absolute atomic E-state index is 0.239. The molecule has 1 aliphatic heterocycles. The summed E-state index contributed by atoms with van der Waals surface area (Å²) in [6, 6.07) is 15.4. The second-order valence-corrected chi connectivity index (χ2v) is 7.78. The van der Waals surface area contributed by atoms with Gasteiger partial charge in [-0.3, -0.25) is 4.98 Å². The number of anilines is 1. The number of fused-ring (bicyclic) bond motifs is 1. The van der Waals surface area contributed by atoms with Crippen LogP contribution in [0.2, 0.25) is 0 Å². The Labute approximate surface area is 176 Å². The van der Waals surface area contributed by atoms with Crippen LogP contribution in [0.3, 0.4) is 0 Å². The van der Waals surface area contributed by atoms with Crippen LogP contribution < -0.4 is 5.32 Å². The molecule has 2 N–H and O–H groups in total. The van der Waals surface area contributed by atoms with Crippen molar-refractivity contribution in [3.8, 4) is 0 Å². The molecule has 0 amide bonds. The van der Waals surface area contributed by atoms with Crippen molar-refractivity contribution in [3.63, 3.8) is 0 Å². The van der Waals surface area contributed by atoms with Crippen LogP contribution in [0.25, 0.3) is 16.8 Å². The molecule has 2 aromatic carbocycles. The molecular weight excluding hydrogens is 376 g/mol. The van der Waals surface area contributed by atoms with Gasteiger partial charge in [-0.15, -0.1) is 0 Å². The molecule has 2 heterocycles. The molecule has 6 nitrogen and oxygen atoms in total. The zero-order valence-electron chi connectivity index (χ0n) is 17.1. The standard InChI is InChI=1S/C24H26N4O2/c1-17(24(29)30)13-21-14-26-23(15-25-21)27-20-10-12-28(16-20)11-9-19-7-4-6-18-5-2-3-8-22(18)19/h2-8,13-15,20H,9-12,16H2,1H3,(H,26,27)(H,29,30)/t20-/m1/s1. The molecule has 1 aliphatic rings. The fourth-order valence-corrected chi connectivity index (χ4v) is 3.92. The SMILES string of the molecule is CC(=Cc1cnc(N[C@@H]2CCN(CCc3cccc4ccccc34)C2)cn1)C(=O)O. The van der Waals surface area contributed by atoms with Crippen molar-refractivity contribution in [2.45, 2.75) is 25.8 Å². The van der Waals surface area contributed by atoms with Crippen molar-refractivity contribution >= 4 is 28.6 Å². The van der Waals surface area contributed by atoms with Gasteiger partial charge >= 0.3 is 5.97 Å². The number of carboxylic acid groups (broad SMARTS) is 1. The van der Waals surface area contributed by atoms with Gasteiger partial charge in [-0.25, -0.2) is 9.78 Å². The Hall–Kier alpha value is -3.25. The number of carboxylic acids is 1. The molecule has 0 saturated carbocycles. The summed E-state index contributed by atoms with van der Waals surface area (Å²) in [5.41, 5.74) is 2.18.